The second-order valence-electron chi connectivity index (χ2n) is 10.6. The Morgan fingerprint density at radius 1 is 0.929 bits per heavy atom. The first kappa shape index (κ1) is 31.1. The fourth-order valence-corrected chi connectivity index (χ4v) is 6.84. The standard InChI is InChI=1S/C33H41N3O5S/c1-4-25-18-20-28(21-19-25)36(42(39,40)30-16-7-6-8-17-30)24-32(37)35(23-26-12-11-15-29(22-26)41-3)31(5-2)33(38)34-27-13-9-10-14-27/h6-8,11-12,15-22,27,31H,4-5,9-10,13-14,23-24H2,1-3H3,(H,34,38)/t31-/m0/s1. The number of benzene rings is 3. The quantitative estimate of drug-likeness (QED) is 0.290. The Balaban J connectivity index is 1.71. The topological polar surface area (TPSA) is 96.0 Å². The number of hydrogen-bond donors (Lipinski definition) is 1. The highest BCUT2D eigenvalue weighted by molar-refractivity contribution is 7.92. The fraction of sp³-hybridized carbons (Fsp3) is 0.394. The summed E-state index contributed by atoms with van der Waals surface area (Å²) < 4.78 is 34.4. The number of nitrogens with zero attached hydrogens (tertiary/aromatic N) is 2. The molecule has 224 valence electrons. The second kappa shape index (κ2) is 14.4. The van der Waals surface area contributed by atoms with Crippen molar-refractivity contribution in [1.29, 1.82) is 0 Å². The largest absolute Gasteiger partial charge is 0.497 e. The summed E-state index contributed by atoms with van der Waals surface area (Å²) in [7, 11) is -2.52. The van der Waals surface area contributed by atoms with Gasteiger partial charge >= 0.3 is 0 Å². The Labute approximate surface area is 249 Å². The molecule has 0 bridgehead atoms. The molecule has 2 amide bonds. The molecule has 1 aliphatic carbocycles. The lowest BCUT2D eigenvalue weighted by molar-refractivity contribution is -0.140. The van der Waals surface area contributed by atoms with Crippen LogP contribution in [0.3, 0.4) is 0 Å². The van der Waals surface area contributed by atoms with Gasteiger partial charge in [0.2, 0.25) is 11.8 Å². The first-order valence-electron chi connectivity index (χ1n) is 14.7. The molecule has 1 atom stereocenters. The third-order valence-electron chi connectivity index (χ3n) is 7.82. The van der Waals surface area contributed by atoms with Crippen LogP contribution in [0.2, 0.25) is 0 Å². The summed E-state index contributed by atoms with van der Waals surface area (Å²) in [6, 6.07) is 21.9. The molecular weight excluding hydrogens is 550 g/mol. The fourth-order valence-electron chi connectivity index (χ4n) is 5.40. The van der Waals surface area contributed by atoms with Crippen LogP contribution in [0.25, 0.3) is 0 Å². The predicted molar refractivity (Wildman–Crippen MR) is 165 cm³/mol. The van der Waals surface area contributed by atoms with Crippen molar-refractivity contribution in [2.75, 3.05) is 18.0 Å². The van der Waals surface area contributed by atoms with E-state index < -0.39 is 28.5 Å². The average molecular weight is 592 g/mol. The van der Waals surface area contributed by atoms with Crippen molar-refractivity contribution in [1.82, 2.24) is 10.2 Å². The molecular formula is C33H41N3O5S. The minimum Gasteiger partial charge on any atom is -0.497 e. The maximum Gasteiger partial charge on any atom is 0.264 e. The molecule has 0 heterocycles. The molecule has 0 spiro atoms. The van der Waals surface area contributed by atoms with Gasteiger partial charge in [-0.25, -0.2) is 8.42 Å². The molecule has 0 aliphatic heterocycles. The van der Waals surface area contributed by atoms with Crippen molar-refractivity contribution in [3.63, 3.8) is 0 Å². The van der Waals surface area contributed by atoms with Crippen molar-refractivity contribution in [3.8, 4) is 5.75 Å². The molecule has 1 aliphatic rings. The molecule has 9 heteroatoms. The Hall–Kier alpha value is -3.85. The number of hydrogen-bond acceptors (Lipinski definition) is 5. The van der Waals surface area contributed by atoms with Crippen LogP contribution in [0.4, 0.5) is 5.69 Å². The van der Waals surface area contributed by atoms with Crippen LogP contribution in [0, 0.1) is 0 Å². The van der Waals surface area contributed by atoms with Gasteiger partial charge in [-0.2, -0.15) is 0 Å². The lowest BCUT2D eigenvalue weighted by Crippen LogP contribution is -2.53. The number of carbonyl (C=O) groups is 2. The van der Waals surface area contributed by atoms with Crippen LogP contribution in [0.1, 0.15) is 57.1 Å². The zero-order valence-corrected chi connectivity index (χ0v) is 25.5. The number of amides is 2. The molecule has 0 unspecified atom stereocenters. The zero-order chi connectivity index (χ0) is 30.1. The second-order valence-corrected chi connectivity index (χ2v) is 12.5. The lowest BCUT2D eigenvalue weighted by atomic mass is 10.1. The van der Waals surface area contributed by atoms with Crippen LogP contribution < -0.4 is 14.4 Å². The van der Waals surface area contributed by atoms with Crippen LogP contribution in [0.5, 0.6) is 5.75 Å². The molecule has 3 aromatic carbocycles. The van der Waals surface area contributed by atoms with Gasteiger partial charge in [0.1, 0.15) is 18.3 Å². The van der Waals surface area contributed by atoms with Crippen LogP contribution >= 0.6 is 0 Å². The molecule has 0 aromatic heterocycles. The SMILES string of the molecule is CCc1ccc(N(CC(=O)N(Cc2cccc(OC)c2)[C@@H](CC)C(=O)NC2CCCC2)S(=O)(=O)c2ccccc2)cc1. The Bertz CT molecular complexity index is 1440. The molecule has 1 N–H and O–H groups in total. The van der Waals surface area contributed by atoms with Gasteiger partial charge in [-0.1, -0.05) is 69.2 Å². The third-order valence-corrected chi connectivity index (χ3v) is 9.61. The highest BCUT2D eigenvalue weighted by atomic mass is 32.2. The van der Waals surface area contributed by atoms with Gasteiger partial charge in [0.25, 0.3) is 10.0 Å². The normalized spacial score (nSPS) is 14.3. The van der Waals surface area contributed by atoms with Crippen LogP contribution in [-0.4, -0.2) is 50.9 Å². The molecule has 4 rings (SSSR count). The van der Waals surface area contributed by atoms with Crippen molar-refractivity contribution < 1.29 is 22.7 Å². The maximum atomic E-state index is 14.2. The number of carbonyl (C=O) groups excluding carboxylic acids is 2. The first-order valence-corrected chi connectivity index (χ1v) is 16.1. The summed E-state index contributed by atoms with van der Waals surface area (Å²) in [4.78, 5) is 29.4. The highest BCUT2D eigenvalue weighted by Gasteiger charge is 2.34. The van der Waals surface area contributed by atoms with Crippen molar-refractivity contribution in [3.05, 3.63) is 90.0 Å². The Morgan fingerprint density at radius 2 is 1.62 bits per heavy atom. The average Bonchev–Trinajstić information content (AvgIpc) is 3.53. The lowest BCUT2D eigenvalue weighted by Gasteiger charge is -2.34. The van der Waals surface area contributed by atoms with Gasteiger partial charge < -0.3 is 15.0 Å². The van der Waals surface area contributed by atoms with Gasteiger partial charge in [-0.15, -0.1) is 0 Å². The number of ether oxygens (including phenoxy) is 1. The number of anilines is 1. The van der Waals surface area contributed by atoms with Gasteiger partial charge in [-0.05, 0) is 73.2 Å². The monoisotopic (exact) mass is 591 g/mol. The van der Waals surface area contributed by atoms with Crippen molar-refractivity contribution >= 4 is 27.5 Å². The van der Waals surface area contributed by atoms with E-state index in [9.17, 15) is 18.0 Å². The summed E-state index contributed by atoms with van der Waals surface area (Å²) in [5.74, 6) is -0.0524. The number of rotatable bonds is 13. The predicted octanol–water partition coefficient (Wildman–Crippen LogP) is 5.32. The van der Waals surface area contributed by atoms with E-state index in [0.29, 0.717) is 17.9 Å². The van der Waals surface area contributed by atoms with E-state index in [0.717, 1.165) is 47.5 Å². The van der Waals surface area contributed by atoms with E-state index in [4.69, 9.17) is 4.74 Å². The molecule has 8 nitrogen and oxygen atoms in total. The minimum absolute atomic E-state index is 0.0859. The highest BCUT2D eigenvalue weighted by Crippen LogP contribution is 2.26. The van der Waals surface area contributed by atoms with Gasteiger partial charge in [-0.3, -0.25) is 13.9 Å². The minimum atomic E-state index is -4.09. The van der Waals surface area contributed by atoms with E-state index in [-0.39, 0.29) is 23.4 Å². The summed E-state index contributed by atoms with van der Waals surface area (Å²) >= 11 is 0. The zero-order valence-electron chi connectivity index (χ0n) is 24.7. The smallest absolute Gasteiger partial charge is 0.264 e. The summed E-state index contributed by atoms with van der Waals surface area (Å²) in [5, 5.41) is 3.14. The number of sulfonamides is 1. The van der Waals surface area contributed by atoms with E-state index in [1.54, 1.807) is 37.4 Å². The van der Waals surface area contributed by atoms with E-state index in [2.05, 4.69) is 5.32 Å². The number of nitrogens with one attached hydrogen (secondary N) is 1. The number of methoxy groups -OCH3 is 1. The summed E-state index contributed by atoms with van der Waals surface area (Å²) in [5.41, 5.74) is 2.21. The summed E-state index contributed by atoms with van der Waals surface area (Å²) in [6.07, 6.45) is 5.15. The molecule has 0 radical (unpaired) electrons. The van der Waals surface area contributed by atoms with E-state index in [1.165, 1.54) is 17.0 Å². The van der Waals surface area contributed by atoms with Gasteiger partial charge in [0.15, 0.2) is 0 Å². The molecule has 1 saturated carbocycles. The van der Waals surface area contributed by atoms with Crippen LogP contribution in [0.15, 0.2) is 83.8 Å². The Kier molecular flexibility index (Phi) is 10.6. The Morgan fingerprint density at radius 3 is 2.24 bits per heavy atom. The van der Waals surface area contributed by atoms with E-state index in [1.807, 2.05) is 50.2 Å². The molecule has 42 heavy (non-hydrogen) atoms. The summed E-state index contributed by atoms with van der Waals surface area (Å²) in [6.45, 7) is 3.56. The maximum absolute atomic E-state index is 14.2. The van der Waals surface area contributed by atoms with Crippen LogP contribution in [-0.2, 0) is 32.6 Å². The van der Waals surface area contributed by atoms with Gasteiger partial charge in [0.05, 0.1) is 17.7 Å². The third kappa shape index (κ3) is 7.50. The molecule has 0 saturated heterocycles. The van der Waals surface area contributed by atoms with E-state index >= 15 is 0 Å². The van der Waals surface area contributed by atoms with Crippen molar-refractivity contribution in [2.24, 2.45) is 0 Å². The first-order chi connectivity index (χ1) is 20.3. The number of aryl methyl sites for hydroxylation is 1. The molecule has 1 fully saturated rings. The molecule has 3 aromatic rings. The van der Waals surface area contributed by atoms with Crippen molar-refractivity contribution in [2.45, 2.75) is 75.9 Å². The van der Waals surface area contributed by atoms with Gasteiger partial charge in [0, 0.05) is 12.6 Å².